The summed E-state index contributed by atoms with van der Waals surface area (Å²) in [4.78, 5) is 13.7. The second kappa shape index (κ2) is 7.13. The first-order valence-corrected chi connectivity index (χ1v) is 8.39. The van der Waals surface area contributed by atoms with Gasteiger partial charge < -0.3 is 10.0 Å². The van der Waals surface area contributed by atoms with E-state index in [2.05, 4.69) is 6.07 Å². The molecular formula is C16H20F3NO2S. The Balaban J connectivity index is 1.89. The topological polar surface area (TPSA) is 40.5 Å². The minimum atomic E-state index is -4.46. The number of carbonyl (C=O) groups is 1. The maximum Gasteiger partial charge on any atom is 0.393 e. The smallest absolute Gasteiger partial charge is 0.393 e. The van der Waals surface area contributed by atoms with Crippen LogP contribution in [0.4, 0.5) is 13.2 Å². The van der Waals surface area contributed by atoms with Crippen LogP contribution in [0.2, 0.25) is 0 Å². The van der Waals surface area contributed by atoms with Crippen LogP contribution in [0.1, 0.15) is 11.1 Å². The molecule has 23 heavy (non-hydrogen) atoms. The Morgan fingerprint density at radius 2 is 2.00 bits per heavy atom. The van der Waals surface area contributed by atoms with Gasteiger partial charge in [0.25, 0.3) is 0 Å². The number of benzene rings is 1. The predicted octanol–water partition coefficient (Wildman–Crippen LogP) is 3.59. The molecule has 0 saturated carbocycles. The van der Waals surface area contributed by atoms with Gasteiger partial charge in [0.2, 0.25) is 0 Å². The maximum atomic E-state index is 12.9. The highest BCUT2D eigenvalue weighted by Gasteiger charge is 2.52. The molecule has 0 bridgehead atoms. The molecular weight excluding hydrogens is 327 g/mol. The molecule has 2 atom stereocenters. The third kappa shape index (κ3) is 4.64. The molecule has 1 aromatic carbocycles. The molecule has 7 heteroatoms. The van der Waals surface area contributed by atoms with Gasteiger partial charge in [0.05, 0.1) is 11.8 Å². The molecule has 1 aliphatic rings. The first-order chi connectivity index (χ1) is 10.7. The monoisotopic (exact) mass is 347 g/mol. The first kappa shape index (κ1) is 18.1. The van der Waals surface area contributed by atoms with Gasteiger partial charge in [0.1, 0.15) is 0 Å². The average Bonchev–Trinajstić information content (AvgIpc) is 2.87. The van der Waals surface area contributed by atoms with E-state index in [0.717, 1.165) is 4.90 Å². The minimum absolute atomic E-state index is 0.0347. The largest absolute Gasteiger partial charge is 0.481 e. The van der Waals surface area contributed by atoms with Crippen molar-refractivity contribution in [3.63, 3.8) is 0 Å². The van der Waals surface area contributed by atoms with Crippen molar-refractivity contribution in [3.05, 3.63) is 29.3 Å². The van der Waals surface area contributed by atoms with Crippen LogP contribution in [0.5, 0.6) is 0 Å². The fourth-order valence-corrected chi connectivity index (χ4v) is 3.76. The zero-order chi connectivity index (χ0) is 17.2. The molecule has 0 aromatic heterocycles. The predicted molar refractivity (Wildman–Crippen MR) is 83.8 cm³/mol. The molecule has 3 nitrogen and oxygen atoms in total. The molecule has 0 spiro atoms. The van der Waals surface area contributed by atoms with Gasteiger partial charge in [0.15, 0.2) is 0 Å². The number of hydrogen-bond donors (Lipinski definition) is 1. The van der Waals surface area contributed by atoms with Crippen LogP contribution in [0.25, 0.3) is 0 Å². The van der Waals surface area contributed by atoms with Gasteiger partial charge >= 0.3 is 12.1 Å². The molecule has 1 N–H and O–H groups in total. The van der Waals surface area contributed by atoms with Crippen molar-refractivity contribution >= 4 is 17.7 Å². The Labute approximate surface area is 137 Å². The van der Waals surface area contributed by atoms with Gasteiger partial charge in [-0.25, -0.2) is 0 Å². The second-order valence-electron chi connectivity index (χ2n) is 5.95. The molecule has 1 fully saturated rings. The lowest BCUT2D eigenvalue weighted by atomic mass is 9.96. The molecule has 0 amide bonds. The number of halogens is 3. The molecule has 0 radical (unpaired) electrons. The van der Waals surface area contributed by atoms with Gasteiger partial charge in [-0.05, 0) is 37.1 Å². The highest BCUT2D eigenvalue weighted by molar-refractivity contribution is 7.99. The third-order valence-corrected chi connectivity index (χ3v) is 5.26. The maximum absolute atomic E-state index is 12.9. The van der Waals surface area contributed by atoms with Gasteiger partial charge in [0, 0.05) is 30.3 Å². The zero-order valence-corrected chi connectivity index (χ0v) is 13.9. The highest BCUT2D eigenvalue weighted by atomic mass is 32.2. The number of aliphatic carboxylic acids is 1. The van der Waals surface area contributed by atoms with E-state index in [1.54, 1.807) is 16.7 Å². The Morgan fingerprint density at radius 1 is 1.30 bits per heavy atom. The molecule has 2 rings (SSSR count). The Kier molecular flexibility index (Phi) is 5.62. The number of aryl methyl sites for hydroxylation is 2. The molecule has 128 valence electrons. The Hall–Kier alpha value is -1.21. The Bertz CT molecular complexity index is 577. The van der Waals surface area contributed by atoms with Crippen LogP contribution in [0, 0.1) is 25.7 Å². The van der Waals surface area contributed by atoms with E-state index in [0.29, 0.717) is 12.3 Å². The van der Waals surface area contributed by atoms with Crippen molar-refractivity contribution in [1.82, 2.24) is 4.90 Å². The molecule has 1 aliphatic heterocycles. The number of carboxylic acids is 1. The lowest BCUT2D eigenvalue weighted by Crippen LogP contribution is -2.33. The number of nitrogens with zero attached hydrogens (tertiary/aromatic N) is 1. The van der Waals surface area contributed by atoms with E-state index in [1.807, 2.05) is 26.0 Å². The summed E-state index contributed by atoms with van der Waals surface area (Å²) in [5, 5.41) is 8.99. The van der Waals surface area contributed by atoms with Crippen molar-refractivity contribution in [2.75, 3.05) is 25.4 Å². The third-order valence-electron chi connectivity index (χ3n) is 4.29. The van der Waals surface area contributed by atoms with Gasteiger partial charge in [-0.3, -0.25) is 4.79 Å². The number of thioether (sulfide) groups is 1. The van der Waals surface area contributed by atoms with E-state index in [1.165, 1.54) is 11.1 Å². The van der Waals surface area contributed by atoms with E-state index in [9.17, 15) is 18.0 Å². The van der Waals surface area contributed by atoms with E-state index in [4.69, 9.17) is 5.11 Å². The molecule has 1 saturated heterocycles. The summed E-state index contributed by atoms with van der Waals surface area (Å²) in [6.07, 6.45) is -4.46. The summed E-state index contributed by atoms with van der Waals surface area (Å²) in [7, 11) is 0. The minimum Gasteiger partial charge on any atom is -0.481 e. The Morgan fingerprint density at radius 3 is 2.52 bits per heavy atom. The quantitative estimate of drug-likeness (QED) is 0.827. The van der Waals surface area contributed by atoms with E-state index in [-0.39, 0.29) is 13.1 Å². The summed E-state index contributed by atoms with van der Waals surface area (Å²) < 4.78 is 38.8. The summed E-state index contributed by atoms with van der Waals surface area (Å²) >= 11 is 1.58. The molecule has 1 aromatic rings. The van der Waals surface area contributed by atoms with Crippen molar-refractivity contribution in [3.8, 4) is 0 Å². The second-order valence-corrected chi connectivity index (χ2v) is 7.12. The first-order valence-electron chi connectivity index (χ1n) is 7.40. The van der Waals surface area contributed by atoms with Crippen molar-refractivity contribution in [1.29, 1.82) is 0 Å². The molecule has 1 heterocycles. The van der Waals surface area contributed by atoms with Crippen molar-refractivity contribution in [2.24, 2.45) is 11.8 Å². The van der Waals surface area contributed by atoms with Crippen LogP contribution in [-0.2, 0) is 4.79 Å². The van der Waals surface area contributed by atoms with Crippen LogP contribution < -0.4 is 0 Å². The lowest BCUT2D eigenvalue weighted by Gasteiger charge is -2.18. The summed E-state index contributed by atoms with van der Waals surface area (Å²) in [5.41, 5.74) is 2.38. The lowest BCUT2D eigenvalue weighted by molar-refractivity contribution is -0.188. The summed E-state index contributed by atoms with van der Waals surface area (Å²) in [5.74, 6) is -3.86. The summed E-state index contributed by atoms with van der Waals surface area (Å²) in [6, 6.07) is 6.08. The van der Waals surface area contributed by atoms with Gasteiger partial charge in [-0.1, -0.05) is 6.07 Å². The number of alkyl halides is 3. The average molecular weight is 347 g/mol. The van der Waals surface area contributed by atoms with Crippen LogP contribution in [-0.4, -0.2) is 47.5 Å². The fourth-order valence-electron chi connectivity index (χ4n) is 2.75. The number of carboxylic acid groups (broad SMARTS) is 1. The number of rotatable bonds is 5. The number of likely N-dealkylation sites (tertiary alicyclic amines) is 1. The van der Waals surface area contributed by atoms with Crippen LogP contribution >= 0.6 is 11.8 Å². The van der Waals surface area contributed by atoms with Crippen molar-refractivity contribution in [2.45, 2.75) is 24.9 Å². The van der Waals surface area contributed by atoms with E-state index >= 15 is 0 Å². The highest BCUT2D eigenvalue weighted by Crippen LogP contribution is 2.37. The van der Waals surface area contributed by atoms with Crippen molar-refractivity contribution < 1.29 is 23.1 Å². The SMILES string of the molecule is Cc1ccc(SCCN2C[C@@H](C(F)(F)F)[C@H](C(=O)O)C2)cc1C. The normalized spacial score (nSPS) is 22.5. The van der Waals surface area contributed by atoms with Gasteiger partial charge in [-0.15, -0.1) is 11.8 Å². The molecule has 0 unspecified atom stereocenters. The fraction of sp³-hybridized carbons (Fsp3) is 0.562. The number of hydrogen-bond acceptors (Lipinski definition) is 3. The zero-order valence-electron chi connectivity index (χ0n) is 13.1. The van der Waals surface area contributed by atoms with Crippen LogP contribution in [0.15, 0.2) is 23.1 Å². The van der Waals surface area contributed by atoms with Gasteiger partial charge in [-0.2, -0.15) is 13.2 Å². The van der Waals surface area contributed by atoms with Crippen LogP contribution in [0.3, 0.4) is 0 Å². The summed E-state index contributed by atoms with van der Waals surface area (Å²) in [6.45, 7) is 4.23. The van der Waals surface area contributed by atoms with E-state index < -0.39 is 24.0 Å². The standard InChI is InChI=1S/C16H20F3NO2S/c1-10-3-4-12(7-11(10)2)23-6-5-20-8-13(15(21)22)14(9-20)16(17,18)19/h3-4,7,13-14H,5-6,8-9H2,1-2H3,(H,21,22)/t13-,14-/m1/s1. The molecule has 0 aliphatic carbocycles.